The third-order valence-corrected chi connectivity index (χ3v) is 4.95. The zero-order valence-electron chi connectivity index (χ0n) is 11.3. The van der Waals surface area contributed by atoms with Crippen molar-refractivity contribution in [2.75, 3.05) is 18.8 Å². The summed E-state index contributed by atoms with van der Waals surface area (Å²) in [6, 6.07) is 4.45. The molecule has 1 unspecified atom stereocenters. The molecular formula is C13H18ClFN2O3S. The Hall–Kier alpha value is -1.18. The highest BCUT2D eigenvalue weighted by Crippen LogP contribution is 2.11. The largest absolute Gasteiger partial charge is 0.354 e. The van der Waals surface area contributed by atoms with Gasteiger partial charge in [-0.05, 0) is 43.7 Å². The lowest BCUT2D eigenvalue weighted by Crippen LogP contribution is -2.42. The molecule has 1 amide bonds. The van der Waals surface area contributed by atoms with Crippen LogP contribution in [0.4, 0.5) is 4.39 Å². The number of nitrogens with one attached hydrogen (secondary N) is 2. The molecular weight excluding hydrogens is 319 g/mol. The van der Waals surface area contributed by atoms with Crippen LogP contribution in [0.5, 0.6) is 0 Å². The summed E-state index contributed by atoms with van der Waals surface area (Å²) in [5.74, 6) is -0.849. The fourth-order valence-electron chi connectivity index (χ4n) is 2.10. The van der Waals surface area contributed by atoms with E-state index in [4.69, 9.17) is 0 Å². The zero-order valence-corrected chi connectivity index (χ0v) is 13.0. The summed E-state index contributed by atoms with van der Waals surface area (Å²) < 4.78 is 36.7. The second-order valence-corrected chi connectivity index (χ2v) is 6.82. The molecule has 1 aliphatic rings. The highest BCUT2D eigenvalue weighted by Gasteiger charge is 2.22. The van der Waals surface area contributed by atoms with Crippen molar-refractivity contribution in [3.63, 3.8) is 0 Å². The molecule has 0 radical (unpaired) electrons. The SMILES string of the molecule is Cl.O=C(NCCS(=O)(=O)c1ccc(F)cc1)C1CCCN1. The summed E-state index contributed by atoms with van der Waals surface area (Å²) in [5, 5.41) is 5.65. The Morgan fingerprint density at radius 3 is 2.57 bits per heavy atom. The predicted octanol–water partition coefficient (Wildman–Crippen LogP) is 0.889. The maximum atomic E-state index is 12.7. The first kappa shape index (κ1) is 17.9. The van der Waals surface area contributed by atoms with Crippen LogP contribution in [0.3, 0.4) is 0 Å². The Morgan fingerprint density at radius 1 is 1.33 bits per heavy atom. The number of halogens is 2. The van der Waals surface area contributed by atoms with Gasteiger partial charge in [0.05, 0.1) is 16.7 Å². The van der Waals surface area contributed by atoms with Crippen LogP contribution >= 0.6 is 12.4 Å². The van der Waals surface area contributed by atoms with E-state index in [0.717, 1.165) is 31.5 Å². The Kier molecular flexibility index (Phi) is 6.57. The smallest absolute Gasteiger partial charge is 0.237 e. The van der Waals surface area contributed by atoms with E-state index in [1.165, 1.54) is 12.1 Å². The Labute approximate surface area is 129 Å². The lowest BCUT2D eigenvalue weighted by Gasteiger charge is -2.11. The van der Waals surface area contributed by atoms with Crippen LogP contribution in [0.1, 0.15) is 12.8 Å². The van der Waals surface area contributed by atoms with Gasteiger partial charge in [-0.25, -0.2) is 12.8 Å². The van der Waals surface area contributed by atoms with Crippen LogP contribution in [-0.4, -0.2) is 39.2 Å². The molecule has 0 saturated carbocycles. The molecule has 2 N–H and O–H groups in total. The van der Waals surface area contributed by atoms with Gasteiger partial charge in [-0.1, -0.05) is 0 Å². The van der Waals surface area contributed by atoms with E-state index < -0.39 is 15.7 Å². The van der Waals surface area contributed by atoms with Crippen LogP contribution in [0.15, 0.2) is 29.2 Å². The first-order valence-corrected chi connectivity index (χ1v) is 8.14. The van der Waals surface area contributed by atoms with Crippen LogP contribution in [-0.2, 0) is 14.6 Å². The third-order valence-electron chi connectivity index (χ3n) is 3.22. The predicted molar refractivity (Wildman–Crippen MR) is 79.7 cm³/mol. The third kappa shape index (κ3) is 4.94. The van der Waals surface area contributed by atoms with Crippen LogP contribution in [0.25, 0.3) is 0 Å². The minimum Gasteiger partial charge on any atom is -0.354 e. The van der Waals surface area contributed by atoms with Crippen molar-refractivity contribution in [3.05, 3.63) is 30.1 Å². The van der Waals surface area contributed by atoms with Gasteiger partial charge in [-0.3, -0.25) is 4.79 Å². The van der Waals surface area contributed by atoms with Gasteiger partial charge >= 0.3 is 0 Å². The maximum Gasteiger partial charge on any atom is 0.237 e. The summed E-state index contributed by atoms with van der Waals surface area (Å²) in [5.41, 5.74) is 0. The molecule has 0 spiro atoms. The second-order valence-electron chi connectivity index (χ2n) is 4.71. The number of carbonyl (C=O) groups excluding carboxylic acids is 1. The molecule has 0 aromatic heterocycles. The van der Waals surface area contributed by atoms with Crippen LogP contribution in [0, 0.1) is 5.82 Å². The van der Waals surface area contributed by atoms with Crippen molar-refractivity contribution < 1.29 is 17.6 Å². The first-order valence-electron chi connectivity index (χ1n) is 6.48. The molecule has 1 aromatic carbocycles. The second kappa shape index (κ2) is 7.72. The number of sulfone groups is 1. The van der Waals surface area contributed by atoms with E-state index >= 15 is 0 Å². The topological polar surface area (TPSA) is 75.3 Å². The van der Waals surface area contributed by atoms with Crippen molar-refractivity contribution in [3.8, 4) is 0 Å². The van der Waals surface area contributed by atoms with E-state index in [1.54, 1.807) is 0 Å². The van der Waals surface area contributed by atoms with Gasteiger partial charge in [0.1, 0.15) is 5.82 Å². The molecule has 118 valence electrons. The monoisotopic (exact) mass is 336 g/mol. The zero-order chi connectivity index (χ0) is 14.6. The molecule has 2 rings (SSSR count). The molecule has 1 heterocycles. The fraction of sp³-hybridized carbons (Fsp3) is 0.462. The number of hydrogen-bond acceptors (Lipinski definition) is 4. The van der Waals surface area contributed by atoms with Gasteiger partial charge < -0.3 is 10.6 Å². The molecule has 1 atom stereocenters. The number of carbonyl (C=O) groups is 1. The summed E-state index contributed by atoms with van der Waals surface area (Å²) in [7, 11) is -3.50. The first-order chi connectivity index (χ1) is 9.49. The van der Waals surface area contributed by atoms with Gasteiger partial charge in [0.25, 0.3) is 0 Å². The van der Waals surface area contributed by atoms with E-state index in [9.17, 15) is 17.6 Å². The average molecular weight is 337 g/mol. The summed E-state index contributed by atoms with van der Waals surface area (Å²) >= 11 is 0. The Bertz CT molecular complexity index is 572. The molecule has 0 bridgehead atoms. The van der Waals surface area contributed by atoms with E-state index in [0.29, 0.717) is 0 Å². The summed E-state index contributed by atoms with van der Waals surface area (Å²) in [4.78, 5) is 11.8. The molecule has 21 heavy (non-hydrogen) atoms. The van der Waals surface area contributed by atoms with E-state index in [-0.39, 0.29) is 41.5 Å². The van der Waals surface area contributed by atoms with E-state index in [2.05, 4.69) is 10.6 Å². The fourth-order valence-corrected chi connectivity index (χ4v) is 3.26. The van der Waals surface area contributed by atoms with Crippen LogP contribution in [0.2, 0.25) is 0 Å². The molecule has 1 aliphatic heterocycles. The standard InChI is InChI=1S/C13H17FN2O3S.ClH/c14-10-3-5-11(6-4-10)20(18,19)9-8-16-13(17)12-2-1-7-15-12;/h3-6,12,15H,1-2,7-9H2,(H,16,17);1H. The summed E-state index contributed by atoms with van der Waals surface area (Å²) in [6.45, 7) is 0.864. The highest BCUT2D eigenvalue weighted by molar-refractivity contribution is 7.91. The Morgan fingerprint density at radius 2 is 2.00 bits per heavy atom. The lowest BCUT2D eigenvalue weighted by molar-refractivity contribution is -0.122. The average Bonchev–Trinajstić information content (AvgIpc) is 2.93. The number of benzene rings is 1. The van der Waals surface area contributed by atoms with Crippen molar-refractivity contribution in [2.45, 2.75) is 23.8 Å². The van der Waals surface area contributed by atoms with Crippen LogP contribution < -0.4 is 10.6 Å². The van der Waals surface area contributed by atoms with E-state index in [1.807, 2.05) is 0 Å². The number of amides is 1. The Balaban J connectivity index is 0.00000220. The minimum atomic E-state index is -3.50. The number of rotatable bonds is 5. The van der Waals surface area contributed by atoms with Crippen molar-refractivity contribution in [1.29, 1.82) is 0 Å². The van der Waals surface area contributed by atoms with Gasteiger partial charge in [-0.15, -0.1) is 12.4 Å². The highest BCUT2D eigenvalue weighted by atomic mass is 35.5. The molecule has 1 aromatic rings. The molecule has 1 saturated heterocycles. The molecule has 5 nitrogen and oxygen atoms in total. The van der Waals surface area contributed by atoms with Gasteiger partial charge in [0.2, 0.25) is 5.91 Å². The molecule has 1 fully saturated rings. The summed E-state index contributed by atoms with van der Waals surface area (Å²) in [6.07, 6.45) is 1.72. The molecule has 0 aliphatic carbocycles. The number of hydrogen-bond donors (Lipinski definition) is 2. The maximum absolute atomic E-state index is 12.7. The van der Waals surface area contributed by atoms with Crippen molar-refractivity contribution in [1.82, 2.24) is 10.6 Å². The van der Waals surface area contributed by atoms with Crippen molar-refractivity contribution in [2.24, 2.45) is 0 Å². The minimum absolute atomic E-state index is 0. The normalized spacial score (nSPS) is 18.0. The van der Waals surface area contributed by atoms with Gasteiger partial charge in [0, 0.05) is 6.54 Å². The quantitative estimate of drug-likeness (QED) is 0.783. The van der Waals surface area contributed by atoms with Gasteiger partial charge in [0.15, 0.2) is 9.84 Å². The molecule has 8 heteroatoms. The lowest BCUT2D eigenvalue weighted by atomic mass is 10.2. The van der Waals surface area contributed by atoms with Gasteiger partial charge in [-0.2, -0.15) is 0 Å². The van der Waals surface area contributed by atoms with Crippen molar-refractivity contribution >= 4 is 28.2 Å².